The quantitative estimate of drug-likeness (QED) is 0.629. The molecular formula is C11H19N3O3. The summed E-state index contributed by atoms with van der Waals surface area (Å²) in [7, 11) is 0. The fourth-order valence-corrected chi connectivity index (χ4v) is 2.40. The topological polar surface area (TPSA) is 84.7 Å². The number of nitrogens with one attached hydrogen (secondary N) is 1. The fraction of sp³-hybridized carbons (Fsp3) is 0.818. The van der Waals surface area contributed by atoms with Crippen LogP contribution in [0.2, 0.25) is 0 Å². The second-order valence-electron chi connectivity index (χ2n) is 4.57. The van der Waals surface area contributed by atoms with Crippen LogP contribution in [0.4, 0.5) is 0 Å². The molecule has 2 amide bonds. The van der Waals surface area contributed by atoms with Crippen LogP contribution >= 0.6 is 0 Å². The summed E-state index contributed by atoms with van der Waals surface area (Å²) >= 11 is 0. The molecule has 2 fully saturated rings. The SMILES string of the molecule is NC(=O)C1COCCN1C(=O)[C@@H]1CCCNC1. The van der Waals surface area contributed by atoms with Gasteiger partial charge in [0.05, 0.1) is 19.1 Å². The molecule has 6 heteroatoms. The van der Waals surface area contributed by atoms with Gasteiger partial charge in [0.2, 0.25) is 11.8 Å². The van der Waals surface area contributed by atoms with Crippen molar-refractivity contribution in [3.63, 3.8) is 0 Å². The highest BCUT2D eigenvalue weighted by Gasteiger charge is 2.35. The molecule has 0 aromatic carbocycles. The van der Waals surface area contributed by atoms with E-state index in [4.69, 9.17) is 10.5 Å². The third-order valence-corrected chi connectivity index (χ3v) is 3.39. The van der Waals surface area contributed by atoms with Gasteiger partial charge in [0.25, 0.3) is 0 Å². The molecule has 0 aliphatic carbocycles. The molecular weight excluding hydrogens is 222 g/mol. The maximum absolute atomic E-state index is 12.3. The lowest BCUT2D eigenvalue weighted by Crippen LogP contribution is -2.57. The Labute approximate surface area is 100 Å². The first-order valence-electron chi connectivity index (χ1n) is 6.08. The van der Waals surface area contributed by atoms with Crippen LogP contribution in [-0.4, -0.2) is 55.6 Å². The van der Waals surface area contributed by atoms with E-state index in [1.807, 2.05) is 0 Å². The van der Waals surface area contributed by atoms with Crippen molar-refractivity contribution in [3.8, 4) is 0 Å². The number of primary amides is 1. The van der Waals surface area contributed by atoms with Crippen LogP contribution in [0.5, 0.6) is 0 Å². The number of morpholine rings is 1. The third kappa shape index (κ3) is 2.76. The van der Waals surface area contributed by atoms with Gasteiger partial charge in [0, 0.05) is 13.1 Å². The Morgan fingerprint density at radius 1 is 1.41 bits per heavy atom. The van der Waals surface area contributed by atoms with Crippen molar-refractivity contribution in [2.45, 2.75) is 18.9 Å². The zero-order valence-electron chi connectivity index (χ0n) is 9.85. The van der Waals surface area contributed by atoms with E-state index in [0.717, 1.165) is 19.4 Å². The molecule has 2 aliphatic heterocycles. The molecule has 3 N–H and O–H groups in total. The minimum Gasteiger partial charge on any atom is -0.377 e. The Morgan fingerprint density at radius 2 is 2.24 bits per heavy atom. The molecule has 6 nitrogen and oxygen atoms in total. The minimum atomic E-state index is -0.599. The summed E-state index contributed by atoms with van der Waals surface area (Å²) in [4.78, 5) is 25.2. The zero-order valence-corrected chi connectivity index (χ0v) is 9.85. The van der Waals surface area contributed by atoms with Crippen molar-refractivity contribution < 1.29 is 14.3 Å². The number of carbonyl (C=O) groups excluding carboxylic acids is 2. The average molecular weight is 241 g/mol. The maximum Gasteiger partial charge on any atom is 0.242 e. The number of hydrogen-bond donors (Lipinski definition) is 2. The van der Waals surface area contributed by atoms with Crippen LogP contribution in [0, 0.1) is 5.92 Å². The van der Waals surface area contributed by atoms with E-state index in [9.17, 15) is 9.59 Å². The number of carbonyl (C=O) groups is 2. The molecule has 2 atom stereocenters. The predicted molar refractivity (Wildman–Crippen MR) is 61.1 cm³/mol. The normalized spacial score (nSPS) is 30.0. The number of ether oxygens (including phenoxy) is 1. The summed E-state index contributed by atoms with van der Waals surface area (Å²) < 4.78 is 5.20. The summed E-state index contributed by atoms with van der Waals surface area (Å²) in [6.45, 7) is 2.83. The molecule has 96 valence electrons. The van der Waals surface area contributed by atoms with Crippen LogP contribution in [0.25, 0.3) is 0 Å². The van der Waals surface area contributed by atoms with Crippen LogP contribution in [0.1, 0.15) is 12.8 Å². The Morgan fingerprint density at radius 3 is 2.88 bits per heavy atom. The maximum atomic E-state index is 12.3. The Bertz CT molecular complexity index is 302. The van der Waals surface area contributed by atoms with E-state index in [2.05, 4.69) is 5.32 Å². The summed E-state index contributed by atoms with van der Waals surface area (Å²) in [6, 6.07) is -0.599. The highest BCUT2D eigenvalue weighted by Crippen LogP contribution is 2.17. The van der Waals surface area contributed by atoms with E-state index in [1.54, 1.807) is 4.90 Å². The van der Waals surface area contributed by atoms with E-state index in [0.29, 0.717) is 19.7 Å². The number of nitrogens with two attached hydrogens (primary N) is 1. The fourth-order valence-electron chi connectivity index (χ4n) is 2.40. The Balaban J connectivity index is 2.02. The van der Waals surface area contributed by atoms with Crippen molar-refractivity contribution in [1.29, 1.82) is 0 Å². The van der Waals surface area contributed by atoms with Crippen LogP contribution < -0.4 is 11.1 Å². The van der Waals surface area contributed by atoms with Gasteiger partial charge in [-0.05, 0) is 19.4 Å². The van der Waals surface area contributed by atoms with E-state index in [1.165, 1.54) is 0 Å². The first kappa shape index (κ1) is 12.3. The molecule has 0 spiro atoms. The van der Waals surface area contributed by atoms with E-state index < -0.39 is 11.9 Å². The lowest BCUT2D eigenvalue weighted by molar-refractivity contribution is -0.150. The molecule has 0 bridgehead atoms. The van der Waals surface area contributed by atoms with Crippen molar-refractivity contribution in [1.82, 2.24) is 10.2 Å². The van der Waals surface area contributed by atoms with E-state index >= 15 is 0 Å². The Hall–Kier alpha value is -1.14. The lowest BCUT2D eigenvalue weighted by atomic mass is 9.97. The van der Waals surface area contributed by atoms with Gasteiger partial charge < -0.3 is 20.7 Å². The van der Waals surface area contributed by atoms with Gasteiger partial charge in [-0.2, -0.15) is 0 Å². The average Bonchev–Trinajstić information content (AvgIpc) is 2.39. The smallest absolute Gasteiger partial charge is 0.242 e. The van der Waals surface area contributed by atoms with Gasteiger partial charge in [0.1, 0.15) is 6.04 Å². The number of amides is 2. The molecule has 1 unspecified atom stereocenters. The van der Waals surface area contributed by atoms with Crippen molar-refractivity contribution >= 4 is 11.8 Å². The highest BCUT2D eigenvalue weighted by atomic mass is 16.5. The molecule has 2 aliphatic rings. The second kappa shape index (κ2) is 5.46. The number of nitrogens with zero attached hydrogens (tertiary/aromatic N) is 1. The molecule has 0 aromatic rings. The molecule has 2 heterocycles. The number of rotatable bonds is 2. The van der Waals surface area contributed by atoms with Gasteiger partial charge in [0.15, 0.2) is 0 Å². The predicted octanol–water partition coefficient (Wildman–Crippen LogP) is -1.30. The summed E-state index contributed by atoms with van der Waals surface area (Å²) in [5, 5.41) is 3.20. The standard InChI is InChI=1S/C11H19N3O3/c12-10(15)9-7-17-5-4-14(9)11(16)8-2-1-3-13-6-8/h8-9,13H,1-7H2,(H2,12,15)/t8-,9?/m1/s1. The number of hydrogen-bond acceptors (Lipinski definition) is 4. The highest BCUT2D eigenvalue weighted by molar-refractivity contribution is 5.88. The van der Waals surface area contributed by atoms with Gasteiger partial charge in [-0.3, -0.25) is 9.59 Å². The molecule has 17 heavy (non-hydrogen) atoms. The molecule has 0 saturated carbocycles. The van der Waals surface area contributed by atoms with Crippen molar-refractivity contribution in [3.05, 3.63) is 0 Å². The van der Waals surface area contributed by atoms with Gasteiger partial charge in [-0.25, -0.2) is 0 Å². The minimum absolute atomic E-state index is 0.0244. The lowest BCUT2D eigenvalue weighted by Gasteiger charge is -2.36. The molecule has 2 saturated heterocycles. The van der Waals surface area contributed by atoms with Crippen LogP contribution in [0.15, 0.2) is 0 Å². The van der Waals surface area contributed by atoms with Crippen LogP contribution in [-0.2, 0) is 14.3 Å². The zero-order chi connectivity index (χ0) is 12.3. The summed E-state index contributed by atoms with van der Waals surface area (Å²) in [5.74, 6) is -0.477. The van der Waals surface area contributed by atoms with Crippen LogP contribution in [0.3, 0.4) is 0 Å². The Kier molecular flexibility index (Phi) is 3.96. The first-order valence-corrected chi connectivity index (χ1v) is 6.08. The molecule has 0 aromatic heterocycles. The largest absolute Gasteiger partial charge is 0.377 e. The molecule has 2 rings (SSSR count). The molecule has 0 radical (unpaired) electrons. The summed E-state index contributed by atoms with van der Waals surface area (Å²) in [6.07, 6.45) is 1.89. The van der Waals surface area contributed by atoms with Gasteiger partial charge in [-0.15, -0.1) is 0 Å². The van der Waals surface area contributed by atoms with Crippen molar-refractivity contribution in [2.24, 2.45) is 11.7 Å². The second-order valence-corrected chi connectivity index (χ2v) is 4.57. The van der Waals surface area contributed by atoms with Crippen molar-refractivity contribution in [2.75, 3.05) is 32.8 Å². The van der Waals surface area contributed by atoms with Gasteiger partial charge in [-0.1, -0.05) is 0 Å². The number of piperidine rings is 1. The van der Waals surface area contributed by atoms with Gasteiger partial charge >= 0.3 is 0 Å². The third-order valence-electron chi connectivity index (χ3n) is 3.39. The first-order chi connectivity index (χ1) is 8.20. The van der Waals surface area contributed by atoms with E-state index in [-0.39, 0.29) is 18.4 Å². The monoisotopic (exact) mass is 241 g/mol. The summed E-state index contributed by atoms with van der Waals surface area (Å²) in [5.41, 5.74) is 5.30.